The number of hydrogen-bond acceptors (Lipinski definition) is 5. The molecule has 108 valence electrons. The highest BCUT2D eigenvalue weighted by Gasteiger charge is 2.30. The molecule has 0 spiro atoms. The number of fused-ring (bicyclic) bond motifs is 2. The van der Waals surface area contributed by atoms with Crippen LogP contribution in [0.3, 0.4) is 0 Å². The van der Waals surface area contributed by atoms with Gasteiger partial charge >= 0.3 is 5.97 Å². The van der Waals surface area contributed by atoms with Crippen LogP contribution in [-0.4, -0.2) is 54.7 Å². The van der Waals surface area contributed by atoms with Crippen molar-refractivity contribution >= 4 is 11.7 Å². The molecule has 2 fully saturated rings. The molecule has 5 nitrogen and oxygen atoms in total. The minimum absolute atomic E-state index is 0.288. The molecule has 2 unspecified atom stereocenters. The highest BCUT2D eigenvalue weighted by Crippen LogP contribution is 2.26. The summed E-state index contributed by atoms with van der Waals surface area (Å²) in [6.45, 7) is 6.68. The first kappa shape index (κ1) is 13.4. The summed E-state index contributed by atoms with van der Waals surface area (Å²) in [4.78, 5) is 20.9. The Hall–Kier alpha value is -1.62. The van der Waals surface area contributed by atoms with E-state index in [-0.39, 0.29) is 5.97 Å². The second-order valence-corrected chi connectivity index (χ2v) is 5.44. The summed E-state index contributed by atoms with van der Waals surface area (Å²) in [6.07, 6.45) is 5.91. The lowest BCUT2D eigenvalue weighted by Crippen LogP contribution is -2.56. The fraction of sp³-hybridized carbons (Fsp3) is 0.600. The van der Waals surface area contributed by atoms with Crippen molar-refractivity contribution in [2.24, 2.45) is 0 Å². The summed E-state index contributed by atoms with van der Waals surface area (Å²) < 4.78 is 5.05. The van der Waals surface area contributed by atoms with E-state index >= 15 is 0 Å². The van der Waals surface area contributed by atoms with Gasteiger partial charge in [0.2, 0.25) is 0 Å². The Morgan fingerprint density at radius 3 is 3.15 bits per heavy atom. The minimum Gasteiger partial charge on any atom is -0.462 e. The van der Waals surface area contributed by atoms with E-state index in [1.54, 1.807) is 6.20 Å². The lowest BCUT2D eigenvalue weighted by Gasteiger charge is -2.46. The lowest BCUT2D eigenvalue weighted by atomic mass is 10.0. The zero-order chi connectivity index (χ0) is 13.9. The fourth-order valence-electron chi connectivity index (χ4n) is 3.17. The number of aromatic nitrogens is 1. The van der Waals surface area contributed by atoms with Gasteiger partial charge in [-0.1, -0.05) is 0 Å². The average molecular weight is 275 g/mol. The molecule has 2 aliphatic heterocycles. The largest absolute Gasteiger partial charge is 0.462 e. The van der Waals surface area contributed by atoms with Crippen LogP contribution in [0.4, 0.5) is 5.69 Å². The molecular formula is C15H21N3O2. The van der Waals surface area contributed by atoms with Gasteiger partial charge in [-0.25, -0.2) is 4.79 Å². The Morgan fingerprint density at radius 2 is 2.30 bits per heavy atom. The van der Waals surface area contributed by atoms with Gasteiger partial charge in [-0.05, 0) is 32.4 Å². The number of anilines is 1. The predicted octanol–water partition coefficient (Wildman–Crippen LogP) is 1.54. The number of piperidine rings is 1. The summed E-state index contributed by atoms with van der Waals surface area (Å²) in [6, 6.07) is 2.46. The number of rotatable bonds is 3. The van der Waals surface area contributed by atoms with Crippen LogP contribution < -0.4 is 4.90 Å². The third-order valence-corrected chi connectivity index (χ3v) is 4.15. The van der Waals surface area contributed by atoms with Gasteiger partial charge in [0.05, 0.1) is 24.1 Å². The van der Waals surface area contributed by atoms with E-state index in [9.17, 15) is 4.79 Å². The summed E-state index contributed by atoms with van der Waals surface area (Å²) in [5.41, 5.74) is 1.59. The Kier molecular flexibility index (Phi) is 3.87. The van der Waals surface area contributed by atoms with Gasteiger partial charge in [0.25, 0.3) is 0 Å². The molecule has 2 aliphatic rings. The number of hydrogen-bond donors (Lipinski definition) is 0. The average Bonchev–Trinajstić information content (AvgIpc) is 2.48. The number of nitrogens with zero attached hydrogens (tertiary/aromatic N) is 3. The maximum Gasteiger partial charge on any atom is 0.339 e. The molecule has 1 aromatic rings. The highest BCUT2D eigenvalue weighted by atomic mass is 16.5. The second-order valence-electron chi connectivity index (χ2n) is 5.44. The van der Waals surface area contributed by atoms with E-state index in [0.717, 1.165) is 25.3 Å². The first-order valence-electron chi connectivity index (χ1n) is 7.39. The number of pyridine rings is 1. The van der Waals surface area contributed by atoms with Crippen LogP contribution in [0.2, 0.25) is 0 Å². The molecule has 1 aromatic heterocycles. The molecule has 2 bridgehead atoms. The Labute approximate surface area is 119 Å². The van der Waals surface area contributed by atoms with Gasteiger partial charge in [0.15, 0.2) is 0 Å². The van der Waals surface area contributed by atoms with Crippen molar-refractivity contribution in [3.8, 4) is 0 Å². The number of esters is 1. The molecule has 0 radical (unpaired) electrons. The third-order valence-electron chi connectivity index (χ3n) is 4.15. The van der Waals surface area contributed by atoms with Crippen molar-refractivity contribution in [2.75, 3.05) is 37.7 Å². The number of carbonyl (C=O) groups excluding carboxylic acids is 1. The van der Waals surface area contributed by atoms with Crippen LogP contribution in [0.15, 0.2) is 18.5 Å². The maximum absolute atomic E-state index is 11.8. The second kappa shape index (κ2) is 5.79. The molecular weight excluding hydrogens is 254 g/mol. The quantitative estimate of drug-likeness (QED) is 0.783. The normalized spacial score (nSPS) is 25.4. The molecule has 0 amide bonds. The van der Waals surface area contributed by atoms with Crippen LogP contribution >= 0.6 is 0 Å². The fourth-order valence-corrected chi connectivity index (χ4v) is 3.17. The molecule has 3 rings (SSSR count). The van der Waals surface area contributed by atoms with E-state index in [4.69, 9.17) is 4.74 Å². The van der Waals surface area contributed by atoms with Crippen LogP contribution in [0.1, 0.15) is 30.1 Å². The van der Waals surface area contributed by atoms with Gasteiger partial charge in [-0.3, -0.25) is 9.88 Å². The summed E-state index contributed by atoms with van der Waals surface area (Å²) in [5, 5.41) is 0. The number of ether oxygens (including phenoxy) is 1. The topological polar surface area (TPSA) is 45.7 Å². The van der Waals surface area contributed by atoms with Crippen LogP contribution in [0.25, 0.3) is 0 Å². The molecule has 5 heteroatoms. The third kappa shape index (κ3) is 2.63. The van der Waals surface area contributed by atoms with Crippen LogP contribution in [0, 0.1) is 0 Å². The molecule has 0 N–H and O–H groups in total. The Bertz CT molecular complexity index is 492. The summed E-state index contributed by atoms with van der Waals surface area (Å²) in [5.74, 6) is -0.288. The van der Waals surface area contributed by atoms with E-state index < -0.39 is 0 Å². The molecule has 0 aliphatic carbocycles. The van der Waals surface area contributed by atoms with Crippen molar-refractivity contribution in [2.45, 2.75) is 25.8 Å². The monoisotopic (exact) mass is 275 g/mol. The van der Waals surface area contributed by atoms with E-state index in [1.807, 2.05) is 19.2 Å². The first-order chi connectivity index (χ1) is 9.78. The molecule has 0 aromatic carbocycles. The van der Waals surface area contributed by atoms with Crippen molar-refractivity contribution in [3.63, 3.8) is 0 Å². The highest BCUT2D eigenvalue weighted by molar-refractivity contribution is 5.90. The number of carbonyl (C=O) groups is 1. The van der Waals surface area contributed by atoms with E-state index in [1.165, 1.54) is 19.4 Å². The van der Waals surface area contributed by atoms with Gasteiger partial charge in [-0.2, -0.15) is 0 Å². The van der Waals surface area contributed by atoms with Crippen molar-refractivity contribution in [3.05, 3.63) is 24.0 Å². The zero-order valence-electron chi connectivity index (χ0n) is 11.9. The van der Waals surface area contributed by atoms with Gasteiger partial charge in [0.1, 0.15) is 0 Å². The van der Waals surface area contributed by atoms with Gasteiger partial charge < -0.3 is 9.64 Å². The van der Waals surface area contributed by atoms with Gasteiger partial charge in [-0.15, -0.1) is 0 Å². The Balaban J connectivity index is 1.79. The van der Waals surface area contributed by atoms with E-state index in [2.05, 4.69) is 14.8 Å². The van der Waals surface area contributed by atoms with E-state index in [0.29, 0.717) is 18.2 Å². The van der Waals surface area contributed by atoms with Crippen molar-refractivity contribution in [1.82, 2.24) is 9.88 Å². The van der Waals surface area contributed by atoms with Crippen LogP contribution in [0.5, 0.6) is 0 Å². The smallest absolute Gasteiger partial charge is 0.339 e. The molecule has 2 atom stereocenters. The molecule has 3 heterocycles. The van der Waals surface area contributed by atoms with Crippen molar-refractivity contribution in [1.29, 1.82) is 0 Å². The summed E-state index contributed by atoms with van der Waals surface area (Å²) in [7, 11) is 0. The van der Waals surface area contributed by atoms with Crippen LogP contribution in [-0.2, 0) is 4.74 Å². The zero-order valence-corrected chi connectivity index (χ0v) is 11.9. The summed E-state index contributed by atoms with van der Waals surface area (Å²) >= 11 is 0. The molecule has 20 heavy (non-hydrogen) atoms. The minimum atomic E-state index is -0.288. The van der Waals surface area contributed by atoms with Gasteiger partial charge in [0, 0.05) is 31.9 Å². The lowest BCUT2D eigenvalue weighted by molar-refractivity contribution is 0.0526. The molecule has 0 saturated carbocycles. The Morgan fingerprint density at radius 1 is 1.40 bits per heavy atom. The predicted molar refractivity (Wildman–Crippen MR) is 77.0 cm³/mol. The number of piperazine rings is 1. The molecule has 2 saturated heterocycles. The van der Waals surface area contributed by atoms with Crippen molar-refractivity contribution < 1.29 is 9.53 Å². The SMILES string of the molecule is CCOC(=O)c1cncc(N2CCN3CCCC2C3)c1. The maximum atomic E-state index is 11.8. The standard InChI is InChI=1S/C15H21N3O2/c1-2-20-15(19)12-8-14(10-16-9-12)18-7-6-17-5-3-4-13(18)11-17/h8-10,13H,2-7,11H2,1H3. The first-order valence-corrected chi connectivity index (χ1v) is 7.39.